The molecule has 2 saturated heterocycles. The minimum absolute atomic E-state index is 0.673. The minimum atomic E-state index is 0.673. The van der Waals surface area contributed by atoms with Crippen LogP contribution in [0.4, 0.5) is 0 Å². The van der Waals surface area contributed by atoms with Gasteiger partial charge in [-0.3, -0.25) is 0 Å². The Hall–Kier alpha value is -0.130. The molecule has 0 N–H and O–H groups in total. The maximum Gasteiger partial charge on any atom is 0.134 e. The molecule has 16 heavy (non-hydrogen) atoms. The van der Waals surface area contributed by atoms with E-state index in [0.29, 0.717) is 5.92 Å². The van der Waals surface area contributed by atoms with Crippen molar-refractivity contribution >= 4 is 23.5 Å². The molecular formula is C11H17N3S2. The number of rotatable bonds is 4. The van der Waals surface area contributed by atoms with Crippen molar-refractivity contribution in [2.75, 3.05) is 25.4 Å². The van der Waals surface area contributed by atoms with Gasteiger partial charge in [0, 0.05) is 19.0 Å². The molecule has 2 aliphatic heterocycles. The lowest BCUT2D eigenvalue weighted by Crippen LogP contribution is -2.22. The van der Waals surface area contributed by atoms with Crippen molar-refractivity contribution in [2.24, 2.45) is 5.92 Å². The van der Waals surface area contributed by atoms with Crippen LogP contribution in [-0.4, -0.2) is 39.0 Å². The van der Waals surface area contributed by atoms with Gasteiger partial charge >= 0.3 is 0 Å². The predicted molar refractivity (Wildman–Crippen MR) is 68.2 cm³/mol. The van der Waals surface area contributed by atoms with Gasteiger partial charge in [0.05, 0.1) is 17.4 Å². The Morgan fingerprint density at radius 3 is 3.06 bits per heavy atom. The van der Waals surface area contributed by atoms with E-state index in [1.807, 2.05) is 11.8 Å². The Morgan fingerprint density at radius 2 is 2.38 bits per heavy atom. The standard InChI is InChI=1S/C11H17N3S2/c1-2-5-15-11-10(12-16-13-11)9-7-14-4-3-8(9)6-14/h8-9H,2-7H2,1H3/t8-,9-/m0/s1. The maximum atomic E-state index is 4.55. The highest BCUT2D eigenvalue weighted by molar-refractivity contribution is 7.99. The first-order valence-corrected chi connectivity index (χ1v) is 7.77. The van der Waals surface area contributed by atoms with Gasteiger partial charge in [-0.05, 0) is 31.1 Å². The van der Waals surface area contributed by atoms with Gasteiger partial charge < -0.3 is 4.90 Å². The molecule has 3 nitrogen and oxygen atoms in total. The van der Waals surface area contributed by atoms with Crippen molar-refractivity contribution in [1.82, 2.24) is 13.6 Å². The third-order valence-electron chi connectivity index (χ3n) is 3.61. The fraction of sp³-hybridized carbons (Fsp3) is 0.818. The second-order valence-corrected chi connectivity index (χ2v) is 6.33. The van der Waals surface area contributed by atoms with Gasteiger partial charge in [0.2, 0.25) is 0 Å². The zero-order chi connectivity index (χ0) is 11.0. The quantitative estimate of drug-likeness (QED) is 0.773. The number of piperidine rings is 1. The number of fused-ring (bicyclic) bond motifs is 2. The third kappa shape index (κ3) is 1.89. The second kappa shape index (κ2) is 4.63. The molecule has 1 aromatic heterocycles. The van der Waals surface area contributed by atoms with Crippen LogP contribution in [0.15, 0.2) is 5.03 Å². The molecule has 3 heterocycles. The summed E-state index contributed by atoms with van der Waals surface area (Å²) in [5.41, 5.74) is 1.30. The van der Waals surface area contributed by atoms with Crippen molar-refractivity contribution in [3.8, 4) is 0 Å². The number of hydrogen-bond acceptors (Lipinski definition) is 5. The van der Waals surface area contributed by atoms with E-state index in [1.54, 1.807) is 0 Å². The molecular weight excluding hydrogens is 238 g/mol. The average Bonchev–Trinajstić information content (AvgIpc) is 3.01. The Kier molecular flexibility index (Phi) is 3.18. The van der Waals surface area contributed by atoms with Crippen LogP contribution in [0.5, 0.6) is 0 Å². The third-order valence-corrected chi connectivity index (χ3v) is 5.45. The SMILES string of the molecule is CCCSc1nsnc1[C@H]1CN2CC[C@H]1C2. The number of thioether (sulfide) groups is 1. The van der Waals surface area contributed by atoms with E-state index in [1.165, 1.54) is 60.7 Å². The molecule has 0 aromatic carbocycles. The highest BCUT2D eigenvalue weighted by Gasteiger charge is 2.41. The molecule has 5 heteroatoms. The summed E-state index contributed by atoms with van der Waals surface area (Å²) in [4.78, 5) is 2.57. The lowest BCUT2D eigenvalue weighted by Gasteiger charge is -2.20. The lowest BCUT2D eigenvalue weighted by molar-refractivity contribution is 0.342. The van der Waals surface area contributed by atoms with E-state index in [0.717, 1.165) is 5.92 Å². The second-order valence-electron chi connectivity index (χ2n) is 4.72. The topological polar surface area (TPSA) is 29.0 Å². The summed E-state index contributed by atoms with van der Waals surface area (Å²) >= 11 is 3.28. The van der Waals surface area contributed by atoms with Crippen molar-refractivity contribution < 1.29 is 0 Å². The molecule has 3 atom stereocenters. The minimum Gasteiger partial charge on any atom is -0.302 e. The van der Waals surface area contributed by atoms with Crippen LogP contribution in [0.25, 0.3) is 0 Å². The normalized spacial score (nSPS) is 32.4. The molecule has 3 rings (SSSR count). The van der Waals surface area contributed by atoms with Gasteiger partial charge in [0.25, 0.3) is 0 Å². The smallest absolute Gasteiger partial charge is 0.134 e. The molecule has 0 aliphatic carbocycles. The van der Waals surface area contributed by atoms with Crippen molar-refractivity contribution in [3.05, 3.63) is 5.69 Å². The van der Waals surface area contributed by atoms with Crippen molar-refractivity contribution in [3.63, 3.8) is 0 Å². The largest absolute Gasteiger partial charge is 0.302 e. The highest BCUT2D eigenvalue weighted by Crippen LogP contribution is 2.41. The van der Waals surface area contributed by atoms with E-state index >= 15 is 0 Å². The number of aromatic nitrogens is 2. The first-order valence-electron chi connectivity index (χ1n) is 6.06. The highest BCUT2D eigenvalue weighted by atomic mass is 32.2. The van der Waals surface area contributed by atoms with Crippen LogP contribution < -0.4 is 0 Å². The van der Waals surface area contributed by atoms with E-state index in [4.69, 9.17) is 0 Å². The predicted octanol–water partition coefficient (Wildman–Crippen LogP) is 2.46. The van der Waals surface area contributed by atoms with Gasteiger partial charge in [-0.1, -0.05) is 6.92 Å². The summed E-state index contributed by atoms with van der Waals surface area (Å²) in [6.45, 7) is 6.03. The average molecular weight is 255 g/mol. The van der Waals surface area contributed by atoms with E-state index in [2.05, 4.69) is 20.6 Å². The van der Waals surface area contributed by atoms with Gasteiger partial charge in [0.15, 0.2) is 0 Å². The Balaban J connectivity index is 1.76. The zero-order valence-corrected chi connectivity index (χ0v) is 11.2. The van der Waals surface area contributed by atoms with Crippen LogP contribution in [0.3, 0.4) is 0 Å². The van der Waals surface area contributed by atoms with Crippen molar-refractivity contribution in [2.45, 2.75) is 30.7 Å². The molecule has 2 aliphatic rings. The maximum absolute atomic E-state index is 4.55. The lowest BCUT2D eigenvalue weighted by atomic mass is 9.90. The van der Waals surface area contributed by atoms with Crippen LogP contribution in [0, 0.1) is 5.92 Å². The first-order chi connectivity index (χ1) is 7.88. The number of hydrogen-bond donors (Lipinski definition) is 0. The van der Waals surface area contributed by atoms with Crippen molar-refractivity contribution in [1.29, 1.82) is 0 Å². The summed E-state index contributed by atoms with van der Waals surface area (Å²) in [6.07, 6.45) is 2.57. The van der Waals surface area contributed by atoms with Gasteiger partial charge in [-0.25, -0.2) is 0 Å². The summed E-state index contributed by atoms with van der Waals surface area (Å²) in [7, 11) is 0. The van der Waals surface area contributed by atoms with Crippen LogP contribution in [0.1, 0.15) is 31.4 Å². The molecule has 0 amide bonds. The molecule has 0 spiro atoms. The Bertz CT molecular complexity index is 366. The van der Waals surface area contributed by atoms with Gasteiger partial charge in [-0.2, -0.15) is 8.75 Å². The summed E-state index contributed by atoms with van der Waals surface area (Å²) in [5, 5.41) is 1.21. The fourth-order valence-electron chi connectivity index (χ4n) is 2.81. The Labute approximate surface area is 105 Å². The molecule has 0 saturated carbocycles. The van der Waals surface area contributed by atoms with E-state index in [-0.39, 0.29) is 0 Å². The Morgan fingerprint density at radius 1 is 1.44 bits per heavy atom. The van der Waals surface area contributed by atoms with Crippen LogP contribution in [-0.2, 0) is 0 Å². The summed E-state index contributed by atoms with van der Waals surface area (Å²) in [5.74, 6) is 2.69. The molecule has 1 aromatic rings. The molecule has 1 unspecified atom stereocenters. The zero-order valence-electron chi connectivity index (χ0n) is 9.56. The molecule has 2 fully saturated rings. The molecule has 0 radical (unpaired) electrons. The molecule has 2 bridgehead atoms. The fourth-order valence-corrected chi connectivity index (χ4v) is 4.44. The van der Waals surface area contributed by atoms with E-state index < -0.39 is 0 Å². The van der Waals surface area contributed by atoms with Crippen LogP contribution >= 0.6 is 23.5 Å². The molecule has 88 valence electrons. The summed E-state index contributed by atoms with van der Waals surface area (Å²) in [6, 6.07) is 0. The van der Waals surface area contributed by atoms with Gasteiger partial charge in [-0.15, -0.1) is 11.8 Å². The number of nitrogens with zero attached hydrogens (tertiary/aromatic N) is 3. The van der Waals surface area contributed by atoms with Crippen LogP contribution in [0.2, 0.25) is 0 Å². The van der Waals surface area contributed by atoms with E-state index in [9.17, 15) is 0 Å². The van der Waals surface area contributed by atoms with Gasteiger partial charge in [0.1, 0.15) is 5.03 Å². The first kappa shape index (κ1) is 11.0. The monoisotopic (exact) mass is 255 g/mol. The summed E-state index contributed by atoms with van der Waals surface area (Å²) < 4.78 is 9.01.